The number of halogens is 1. The SMILES string of the molecule is Cc1ccc(S(=O)(=O)N(CC(=O)N/N=C\c2ccc(OCc3ccc(Cl)cc3)cc2)c2ccc(C)c(C)c2)cc1. The predicted octanol–water partition coefficient (Wildman–Crippen LogP) is 6.19. The van der Waals surface area contributed by atoms with Crippen LogP contribution in [0.5, 0.6) is 5.75 Å². The standard InChI is InChI=1S/C31H30ClN3O4S/c1-22-4-16-30(17-5-22)40(37,38)35(28-13-6-23(2)24(3)18-28)20-31(36)34-33-19-25-9-14-29(15-10-25)39-21-26-7-11-27(32)12-8-26/h4-19H,20-21H2,1-3H3,(H,34,36)/b33-19-. The van der Waals surface area contributed by atoms with Crippen molar-refractivity contribution in [2.24, 2.45) is 5.10 Å². The molecule has 0 aliphatic heterocycles. The normalized spacial score (nSPS) is 11.4. The van der Waals surface area contributed by atoms with Crippen molar-refractivity contribution >= 4 is 39.4 Å². The van der Waals surface area contributed by atoms with Crippen LogP contribution in [0, 0.1) is 20.8 Å². The Morgan fingerprint density at radius 1 is 0.900 bits per heavy atom. The van der Waals surface area contributed by atoms with E-state index in [2.05, 4.69) is 10.5 Å². The van der Waals surface area contributed by atoms with E-state index < -0.39 is 22.5 Å². The second kappa shape index (κ2) is 12.8. The number of nitrogens with zero attached hydrogens (tertiary/aromatic N) is 2. The highest BCUT2D eigenvalue weighted by atomic mass is 35.5. The smallest absolute Gasteiger partial charge is 0.264 e. The van der Waals surface area contributed by atoms with Crippen molar-refractivity contribution in [3.63, 3.8) is 0 Å². The molecule has 0 saturated carbocycles. The lowest BCUT2D eigenvalue weighted by molar-refractivity contribution is -0.119. The van der Waals surface area contributed by atoms with Gasteiger partial charge in [0.25, 0.3) is 15.9 Å². The number of sulfonamides is 1. The van der Waals surface area contributed by atoms with Gasteiger partial charge in [-0.05, 0) is 104 Å². The van der Waals surface area contributed by atoms with E-state index in [0.717, 1.165) is 32.1 Å². The summed E-state index contributed by atoms with van der Waals surface area (Å²) in [4.78, 5) is 12.9. The number of nitrogens with one attached hydrogen (secondary N) is 1. The molecule has 0 radical (unpaired) electrons. The number of aryl methyl sites for hydroxylation is 3. The number of anilines is 1. The van der Waals surface area contributed by atoms with Crippen LogP contribution in [-0.4, -0.2) is 27.1 Å². The van der Waals surface area contributed by atoms with Crippen molar-refractivity contribution in [2.45, 2.75) is 32.3 Å². The number of hydrogen-bond donors (Lipinski definition) is 1. The zero-order chi connectivity index (χ0) is 28.7. The maximum atomic E-state index is 13.6. The van der Waals surface area contributed by atoms with Gasteiger partial charge in [-0.1, -0.05) is 47.5 Å². The van der Waals surface area contributed by atoms with Gasteiger partial charge in [0.2, 0.25) is 0 Å². The zero-order valence-electron chi connectivity index (χ0n) is 22.5. The average Bonchev–Trinajstić information content (AvgIpc) is 2.94. The molecular weight excluding hydrogens is 546 g/mol. The van der Waals surface area contributed by atoms with Crippen LogP contribution >= 0.6 is 11.6 Å². The predicted molar refractivity (Wildman–Crippen MR) is 160 cm³/mol. The molecule has 9 heteroatoms. The lowest BCUT2D eigenvalue weighted by Gasteiger charge is -2.24. The lowest BCUT2D eigenvalue weighted by Crippen LogP contribution is -2.39. The van der Waals surface area contributed by atoms with Gasteiger partial charge in [0, 0.05) is 5.02 Å². The van der Waals surface area contributed by atoms with E-state index in [1.807, 2.05) is 51.1 Å². The topological polar surface area (TPSA) is 88.1 Å². The van der Waals surface area contributed by atoms with Crippen LogP contribution in [0.3, 0.4) is 0 Å². The molecule has 0 bridgehead atoms. The van der Waals surface area contributed by atoms with Crippen LogP contribution in [0.2, 0.25) is 5.02 Å². The van der Waals surface area contributed by atoms with Gasteiger partial charge in [0.1, 0.15) is 18.9 Å². The molecule has 0 spiro atoms. The molecule has 0 unspecified atom stereocenters. The molecular formula is C31H30ClN3O4S. The highest BCUT2D eigenvalue weighted by molar-refractivity contribution is 7.92. The molecule has 206 valence electrons. The van der Waals surface area contributed by atoms with Crippen molar-refractivity contribution in [1.82, 2.24) is 5.43 Å². The Morgan fingerprint density at radius 3 is 2.23 bits per heavy atom. The van der Waals surface area contributed by atoms with Crippen molar-refractivity contribution < 1.29 is 17.9 Å². The molecule has 0 heterocycles. The molecule has 7 nitrogen and oxygen atoms in total. The Balaban J connectivity index is 1.42. The van der Waals surface area contributed by atoms with Gasteiger partial charge in [0.15, 0.2) is 0 Å². The van der Waals surface area contributed by atoms with Crippen molar-refractivity contribution in [1.29, 1.82) is 0 Å². The van der Waals surface area contributed by atoms with Gasteiger partial charge in [-0.3, -0.25) is 9.10 Å². The molecule has 1 amide bonds. The van der Waals surface area contributed by atoms with E-state index in [0.29, 0.717) is 23.1 Å². The molecule has 0 aromatic heterocycles. The molecule has 0 fully saturated rings. The number of ether oxygens (including phenoxy) is 1. The maximum Gasteiger partial charge on any atom is 0.264 e. The molecule has 4 rings (SSSR count). The van der Waals surface area contributed by atoms with E-state index in [1.165, 1.54) is 18.3 Å². The van der Waals surface area contributed by atoms with Gasteiger partial charge < -0.3 is 4.74 Å². The number of hydrogen-bond acceptors (Lipinski definition) is 5. The summed E-state index contributed by atoms with van der Waals surface area (Å²) in [5.41, 5.74) is 7.44. The van der Waals surface area contributed by atoms with E-state index >= 15 is 0 Å². The Kier molecular flexibility index (Phi) is 9.24. The summed E-state index contributed by atoms with van der Waals surface area (Å²) in [6.45, 7) is 5.69. The number of rotatable bonds is 10. The minimum atomic E-state index is -4.01. The van der Waals surface area contributed by atoms with Crippen molar-refractivity contribution in [2.75, 3.05) is 10.8 Å². The fourth-order valence-electron chi connectivity index (χ4n) is 3.78. The van der Waals surface area contributed by atoms with Gasteiger partial charge in [-0.25, -0.2) is 13.8 Å². The minimum Gasteiger partial charge on any atom is -0.489 e. The Morgan fingerprint density at radius 2 is 1.57 bits per heavy atom. The first-order valence-electron chi connectivity index (χ1n) is 12.6. The molecule has 0 saturated heterocycles. The number of amides is 1. The number of benzene rings is 4. The largest absolute Gasteiger partial charge is 0.489 e. The third-order valence-electron chi connectivity index (χ3n) is 6.28. The summed E-state index contributed by atoms with van der Waals surface area (Å²) in [6.07, 6.45) is 1.48. The summed E-state index contributed by atoms with van der Waals surface area (Å²) in [7, 11) is -4.01. The van der Waals surface area contributed by atoms with Crippen molar-refractivity contribution in [3.05, 3.63) is 124 Å². The molecule has 0 aliphatic rings. The van der Waals surface area contributed by atoms with Crippen LogP contribution in [-0.2, 0) is 21.4 Å². The first-order chi connectivity index (χ1) is 19.1. The van der Waals surface area contributed by atoms with E-state index in [4.69, 9.17) is 16.3 Å². The van der Waals surface area contributed by atoms with Crippen LogP contribution in [0.25, 0.3) is 0 Å². The van der Waals surface area contributed by atoms with Crippen LogP contribution in [0.1, 0.15) is 27.8 Å². The molecule has 0 atom stereocenters. The fraction of sp³-hybridized carbons (Fsp3) is 0.161. The third kappa shape index (κ3) is 7.49. The van der Waals surface area contributed by atoms with Crippen LogP contribution in [0.15, 0.2) is 101 Å². The van der Waals surface area contributed by atoms with Crippen LogP contribution < -0.4 is 14.5 Å². The summed E-state index contributed by atoms with van der Waals surface area (Å²) in [5.74, 6) is 0.106. The molecule has 1 N–H and O–H groups in total. The van der Waals surface area contributed by atoms with Gasteiger partial charge in [-0.15, -0.1) is 0 Å². The highest BCUT2D eigenvalue weighted by Gasteiger charge is 2.27. The van der Waals surface area contributed by atoms with Crippen molar-refractivity contribution in [3.8, 4) is 5.75 Å². The average molecular weight is 576 g/mol. The van der Waals surface area contributed by atoms with Gasteiger partial charge in [-0.2, -0.15) is 5.10 Å². The number of carbonyl (C=O) groups is 1. The van der Waals surface area contributed by atoms with Gasteiger partial charge in [0.05, 0.1) is 16.8 Å². The van der Waals surface area contributed by atoms with E-state index in [9.17, 15) is 13.2 Å². The Labute approximate surface area is 240 Å². The molecule has 40 heavy (non-hydrogen) atoms. The van der Waals surface area contributed by atoms with E-state index in [1.54, 1.807) is 48.5 Å². The first kappa shape index (κ1) is 28.9. The summed E-state index contributed by atoms with van der Waals surface area (Å²) in [6, 6.07) is 26.5. The lowest BCUT2D eigenvalue weighted by atomic mass is 10.1. The zero-order valence-corrected chi connectivity index (χ0v) is 24.0. The quantitative estimate of drug-likeness (QED) is 0.180. The second-order valence-corrected chi connectivity index (χ2v) is 11.7. The number of hydrazone groups is 1. The molecule has 4 aromatic rings. The second-order valence-electron chi connectivity index (χ2n) is 9.37. The number of carbonyl (C=O) groups excluding carboxylic acids is 1. The third-order valence-corrected chi connectivity index (χ3v) is 8.32. The molecule has 0 aliphatic carbocycles. The Bertz CT molecular complexity index is 1600. The fourth-order valence-corrected chi connectivity index (χ4v) is 5.31. The summed E-state index contributed by atoms with van der Waals surface area (Å²) < 4.78 is 34.0. The monoisotopic (exact) mass is 575 g/mol. The summed E-state index contributed by atoms with van der Waals surface area (Å²) in [5, 5.41) is 4.69. The first-order valence-corrected chi connectivity index (χ1v) is 14.4. The summed E-state index contributed by atoms with van der Waals surface area (Å²) >= 11 is 5.91. The van der Waals surface area contributed by atoms with E-state index in [-0.39, 0.29) is 4.90 Å². The van der Waals surface area contributed by atoms with Gasteiger partial charge >= 0.3 is 0 Å². The van der Waals surface area contributed by atoms with Crippen LogP contribution in [0.4, 0.5) is 5.69 Å². The molecule has 4 aromatic carbocycles. The Hall–Kier alpha value is -4.14. The maximum absolute atomic E-state index is 13.6. The minimum absolute atomic E-state index is 0.103. The highest BCUT2D eigenvalue weighted by Crippen LogP contribution is 2.26.